The van der Waals surface area contributed by atoms with E-state index in [9.17, 15) is 4.79 Å². The summed E-state index contributed by atoms with van der Waals surface area (Å²) in [5.74, 6) is 0. The Labute approximate surface area is 138 Å². The average Bonchev–Trinajstić information content (AvgIpc) is 2.48. The first kappa shape index (κ1) is 16.0. The number of nitrogens with one attached hydrogen (secondary N) is 2. The van der Waals surface area contributed by atoms with E-state index in [0.29, 0.717) is 16.6 Å². The standard InChI is InChI=1S/C15H14Cl2N2OS/c1-21-12-4-2-3-11(8-12)19-15(20)18-9-10-5-6-13(16)14(17)7-10/h2-8H,9H2,1H3,(H2,18,19,20). The number of carbonyl (C=O) groups excluding carboxylic acids is 1. The van der Waals surface area contributed by atoms with Gasteiger partial charge in [0.1, 0.15) is 0 Å². The van der Waals surface area contributed by atoms with E-state index in [1.807, 2.05) is 36.6 Å². The van der Waals surface area contributed by atoms with E-state index >= 15 is 0 Å². The van der Waals surface area contributed by atoms with E-state index in [1.54, 1.807) is 23.9 Å². The molecule has 21 heavy (non-hydrogen) atoms. The summed E-state index contributed by atoms with van der Waals surface area (Å²) < 4.78 is 0. The van der Waals surface area contributed by atoms with Crippen molar-refractivity contribution in [2.45, 2.75) is 11.4 Å². The third kappa shape index (κ3) is 4.84. The third-order valence-electron chi connectivity index (χ3n) is 2.76. The van der Waals surface area contributed by atoms with Gasteiger partial charge in [0.2, 0.25) is 0 Å². The molecule has 0 saturated carbocycles. The Kier molecular flexibility index (Phi) is 5.79. The van der Waals surface area contributed by atoms with Crippen LogP contribution in [0.4, 0.5) is 10.5 Å². The summed E-state index contributed by atoms with van der Waals surface area (Å²) in [7, 11) is 0. The molecule has 0 aliphatic rings. The van der Waals surface area contributed by atoms with Gasteiger partial charge in [0, 0.05) is 17.1 Å². The number of rotatable bonds is 4. The first-order valence-corrected chi connectivity index (χ1v) is 8.19. The summed E-state index contributed by atoms with van der Waals surface area (Å²) in [6.45, 7) is 0.380. The van der Waals surface area contributed by atoms with Crippen molar-refractivity contribution < 1.29 is 4.79 Å². The van der Waals surface area contributed by atoms with Gasteiger partial charge in [-0.3, -0.25) is 0 Å². The second-order valence-corrected chi connectivity index (χ2v) is 5.98. The van der Waals surface area contributed by atoms with E-state index in [1.165, 1.54) is 0 Å². The number of hydrogen-bond acceptors (Lipinski definition) is 2. The van der Waals surface area contributed by atoms with Crippen LogP contribution in [0.2, 0.25) is 10.0 Å². The summed E-state index contributed by atoms with van der Waals surface area (Å²) in [6, 6.07) is 12.7. The van der Waals surface area contributed by atoms with Gasteiger partial charge in [-0.05, 0) is 42.2 Å². The van der Waals surface area contributed by atoms with Crippen molar-refractivity contribution in [2.75, 3.05) is 11.6 Å². The molecule has 2 rings (SSSR count). The highest BCUT2D eigenvalue weighted by atomic mass is 35.5. The lowest BCUT2D eigenvalue weighted by molar-refractivity contribution is 0.251. The Morgan fingerprint density at radius 3 is 2.67 bits per heavy atom. The van der Waals surface area contributed by atoms with Crippen molar-refractivity contribution in [3.8, 4) is 0 Å². The van der Waals surface area contributed by atoms with Crippen molar-refractivity contribution in [1.29, 1.82) is 0 Å². The molecule has 0 spiro atoms. The Morgan fingerprint density at radius 1 is 1.14 bits per heavy atom. The molecule has 110 valence electrons. The summed E-state index contributed by atoms with van der Waals surface area (Å²) >= 11 is 13.4. The van der Waals surface area contributed by atoms with E-state index < -0.39 is 0 Å². The smallest absolute Gasteiger partial charge is 0.319 e. The number of urea groups is 1. The van der Waals surface area contributed by atoms with E-state index in [-0.39, 0.29) is 6.03 Å². The predicted molar refractivity (Wildman–Crippen MR) is 90.5 cm³/mol. The number of carbonyl (C=O) groups is 1. The highest BCUT2D eigenvalue weighted by molar-refractivity contribution is 7.98. The van der Waals surface area contributed by atoms with Crippen LogP contribution in [0.25, 0.3) is 0 Å². The maximum absolute atomic E-state index is 11.8. The molecule has 0 radical (unpaired) electrons. The fourth-order valence-corrected chi connectivity index (χ4v) is 2.49. The minimum atomic E-state index is -0.265. The third-order valence-corrected chi connectivity index (χ3v) is 4.23. The number of benzene rings is 2. The number of anilines is 1. The highest BCUT2D eigenvalue weighted by Gasteiger charge is 2.04. The lowest BCUT2D eigenvalue weighted by atomic mass is 10.2. The molecule has 2 N–H and O–H groups in total. The quantitative estimate of drug-likeness (QED) is 0.765. The summed E-state index contributed by atoms with van der Waals surface area (Å²) in [5.41, 5.74) is 1.64. The van der Waals surface area contributed by atoms with Crippen LogP contribution >= 0.6 is 35.0 Å². The van der Waals surface area contributed by atoms with Crippen LogP contribution in [0.1, 0.15) is 5.56 Å². The van der Waals surface area contributed by atoms with Crippen LogP contribution < -0.4 is 10.6 Å². The van der Waals surface area contributed by atoms with Gasteiger partial charge in [-0.25, -0.2) is 4.79 Å². The molecule has 0 unspecified atom stereocenters. The number of hydrogen-bond donors (Lipinski definition) is 2. The Morgan fingerprint density at radius 2 is 1.95 bits per heavy atom. The second-order valence-electron chi connectivity index (χ2n) is 4.29. The maximum atomic E-state index is 11.8. The van der Waals surface area contributed by atoms with Crippen LogP contribution in [0.15, 0.2) is 47.4 Å². The normalized spacial score (nSPS) is 10.2. The van der Waals surface area contributed by atoms with Gasteiger partial charge < -0.3 is 10.6 Å². The molecule has 6 heteroatoms. The van der Waals surface area contributed by atoms with E-state index in [0.717, 1.165) is 16.1 Å². The van der Waals surface area contributed by atoms with Gasteiger partial charge in [0.25, 0.3) is 0 Å². The summed E-state index contributed by atoms with van der Waals surface area (Å²) in [6.07, 6.45) is 1.99. The van der Waals surface area contributed by atoms with Crippen LogP contribution in [0, 0.1) is 0 Å². The fourth-order valence-electron chi connectivity index (χ4n) is 1.71. The zero-order chi connectivity index (χ0) is 15.2. The average molecular weight is 341 g/mol. The molecule has 0 saturated heterocycles. The lowest BCUT2D eigenvalue weighted by Crippen LogP contribution is -2.28. The molecular formula is C15H14Cl2N2OS. The van der Waals surface area contributed by atoms with Crippen LogP contribution in [-0.2, 0) is 6.54 Å². The van der Waals surface area contributed by atoms with Crippen molar-refractivity contribution in [3.05, 3.63) is 58.1 Å². The molecule has 3 nitrogen and oxygen atoms in total. The van der Waals surface area contributed by atoms with Gasteiger partial charge in [0.05, 0.1) is 10.0 Å². The Hall–Kier alpha value is -1.36. The van der Waals surface area contributed by atoms with Gasteiger partial charge in [-0.15, -0.1) is 11.8 Å². The largest absolute Gasteiger partial charge is 0.334 e. The maximum Gasteiger partial charge on any atom is 0.319 e. The molecule has 2 aromatic rings. The highest BCUT2D eigenvalue weighted by Crippen LogP contribution is 2.22. The van der Waals surface area contributed by atoms with Crippen molar-refractivity contribution in [2.24, 2.45) is 0 Å². The number of thioether (sulfide) groups is 1. The molecule has 0 heterocycles. The Balaban J connectivity index is 1.90. The Bertz CT molecular complexity index is 649. The second kappa shape index (κ2) is 7.59. The van der Waals surface area contributed by atoms with Gasteiger partial charge in [0.15, 0.2) is 0 Å². The molecule has 0 bridgehead atoms. The minimum absolute atomic E-state index is 0.265. The summed E-state index contributed by atoms with van der Waals surface area (Å²) in [5, 5.41) is 6.54. The van der Waals surface area contributed by atoms with Crippen molar-refractivity contribution in [1.82, 2.24) is 5.32 Å². The molecular weight excluding hydrogens is 327 g/mol. The summed E-state index contributed by atoms with van der Waals surface area (Å²) in [4.78, 5) is 12.9. The molecule has 0 aliphatic carbocycles. The van der Waals surface area contributed by atoms with Crippen LogP contribution in [0.3, 0.4) is 0 Å². The van der Waals surface area contributed by atoms with Crippen LogP contribution in [0.5, 0.6) is 0 Å². The van der Waals surface area contributed by atoms with E-state index in [2.05, 4.69) is 10.6 Å². The molecule has 0 fully saturated rings. The molecule has 0 aliphatic heterocycles. The van der Waals surface area contributed by atoms with Crippen LogP contribution in [-0.4, -0.2) is 12.3 Å². The predicted octanol–water partition coefficient (Wildman–Crippen LogP) is 5.04. The van der Waals surface area contributed by atoms with E-state index in [4.69, 9.17) is 23.2 Å². The molecule has 2 aromatic carbocycles. The minimum Gasteiger partial charge on any atom is -0.334 e. The fraction of sp³-hybridized carbons (Fsp3) is 0.133. The molecule has 0 aromatic heterocycles. The first-order chi connectivity index (χ1) is 10.1. The monoisotopic (exact) mass is 340 g/mol. The topological polar surface area (TPSA) is 41.1 Å². The zero-order valence-electron chi connectivity index (χ0n) is 11.3. The molecule has 2 amide bonds. The first-order valence-electron chi connectivity index (χ1n) is 6.21. The van der Waals surface area contributed by atoms with Gasteiger partial charge in [-0.2, -0.15) is 0 Å². The van der Waals surface area contributed by atoms with Gasteiger partial charge in [-0.1, -0.05) is 35.3 Å². The van der Waals surface area contributed by atoms with Crippen molar-refractivity contribution >= 4 is 46.7 Å². The number of amides is 2. The van der Waals surface area contributed by atoms with Crippen molar-refractivity contribution in [3.63, 3.8) is 0 Å². The zero-order valence-corrected chi connectivity index (χ0v) is 13.6. The van der Waals surface area contributed by atoms with Gasteiger partial charge >= 0.3 is 6.03 Å². The molecule has 0 atom stereocenters. The SMILES string of the molecule is CSc1cccc(NC(=O)NCc2ccc(Cl)c(Cl)c2)c1. The number of halogens is 2. The lowest BCUT2D eigenvalue weighted by Gasteiger charge is -2.09.